The SMILES string of the molecule is C=C1N(CC(C)CC)C(=C)N(CC2CC2)C(=C)N1CC1CC1. The molecule has 1 atom stereocenters. The fourth-order valence-corrected chi connectivity index (χ4v) is 3.07. The Balaban J connectivity index is 1.78. The van der Waals surface area contributed by atoms with Crippen LogP contribution in [0.25, 0.3) is 0 Å². The zero-order valence-corrected chi connectivity index (χ0v) is 14.4. The molecular formula is C19H31N3. The average Bonchev–Trinajstić information content (AvgIpc) is 3.39. The molecule has 0 aromatic heterocycles. The normalized spacial score (nSPS) is 24.3. The first-order valence-corrected chi connectivity index (χ1v) is 8.90. The molecule has 3 fully saturated rings. The van der Waals surface area contributed by atoms with Gasteiger partial charge in [0.05, 0.1) is 0 Å². The number of hydrogen-bond acceptors (Lipinski definition) is 3. The Morgan fingerprint density at radius 2 is 1.27 bits per heavy atom. The Labute approximate surface area is 136 Å². The van der Waals surface area contributed by atoms with Gasteiger partial charge in [0.15, 0.2) is 0 Å². The van der Waals surface area contributed by atoms with Crippen molar-refractivity contribution in [2.45, 2.75) is 46.0 Å². The summed E-state index contributed by atoms with van der Waals surface area (Å²) < 4.78 is 0. The van der Waals surface area contributed by atoms with Crippen molar-refractivity contribution >= 4 is 0 Å². The summed E-state index contributed by atoms with van der Waals surface area (Å²) in [6.45, 7) is 20.8. The predicted molar refractivity (Wildman–Crippen MR) is 92.4 cm³/mol. The summed E-state index contributed by atoms with van der Waals surface area (Å²) in [6.07, 6.45) is 6.60. The van der Waals surface area contributed by atoms with Gasteiger partial charge < -0.3 is 14.7 Å². The van der Waals surface area contributed by atoms with Gasteiger partial charge in [0.1, 0.15) is 17.5 Å². The summed E-state index contributed by atoms with van der Waals surface area (Å²) in [6, 6.07) is 0. The van der Waals surface area contributed by atoms with Crippen LogP contribution in [0, 0.1) is 17.8 Å². The second-order valence-corrected chi connectivity index (χ2v) is 7.48. The molecule has 22 heavy (non-hydrogen) atoms. The first-order valence-electron chi connectivity index (χ1n) is 8.90. The quantitative estimate of drug-likeness (QED) is 0.698. The van der Waals surface area contributed by atoms with Gasteiger partial charge in [-0.15, -0.1) is 0 Å². The van der Waals surface area contributed by atoms with Crippen molar-refractivity contribution in [3.05, 3.63) is 37.2 Å². The maximum Gasteiger partial charge on any atom is 0.108 e. The maximum atomic E-state index is 4.38. The highest BCUT2D eigenvalue weighted by Crippen LogP contribution is 2.40. The molecule has 1 unspecified atom stereocenters. The Bertz CT molecular complexity index is 437. The van der Waals surface area contributed by atoms with Crippen LogP contribution in [0.5, 0.6) is 0 Å². The van der Waals surface area contributed by atoms with Gasteiger partial charge in [-0.2, -0.15) is 0 Å². The van der Waals surface area contributed by atoms with Crippen LogP contribution in [0.1, 0.15) is 46.0 Å². The highest BCUT2D eigenvalue weighted by molar-refractivity contribution is 5.22. The van der Waals surface area contributed by atoms with E-state index in [0.717, 1.165) is 48.9 Å². The molecule has 0 aromatic carbocycles. The molecule has 2 saturated carbocycles. The minimum Gasteiger partial charge on any atom is -0.314 e. The van der Waals surface area contributed by atoms with Crippen LogP contribution in [0.3, 0.4) is 0 Å². The van der Waals surface area contributed by atoms with E-state index in [4.69, 9.17) is 0 Å². The van der Waals surface area contributed by atoms with E-state index in [2.05, 4.69) is 48.3 Å². The lowest BCUT2D eigenvalue weighted by Gasteiger charge is -2.49. The Morgan fingerprint density at radius 1 is 0.864 bits per heavy atom. The van der Waals surface area contributed by atoms with E-state index in [1.165, 1.54) is 32.1 Å². The van der Waals surface area contributed by atoms with Crippen LogP contribution in [0.2, 0.25) is 0 Å². The zero-order valence-electron chi connectivity index (χ0n) is 14.4. The number of nitrogens with zero attached hydrogens (tertiary/aromatic N) is 3. The monoisotopic (exact) mass is 301 g/mol. The minimum atomic E-state index is 0.644. The molecule has 3 aliphatic rings. The summed E-state index contributed by atoms with van der Waals surface area (Å²) in [5, 5.41) is 0. The lowest BCUT2D eigenvalue weighted by molar-refractivity contribution is 0.114. The largest absolute Gasteiger partial charge is 0.314 e. The van der Waals surface area contributed by atoms with Crippen molar-refractivity contribution < 1.29 is 0 Å². The van der Waals surface area contributed by atoms with Crippen molar-refractivity contribution in [3.63, 3.8) is 0 Å². The van der Waals surface area contributed by atoms with E-state index < -0.39 is 0 Å². The smallest absolute Gasteiger partial charge is 0.108 e. The van der Waals surface area contributed by atoms with Crippen LogP contribution in [0.15, 0.2) is 37.2 Å². The summed E-state index contributed by atoms with van der Waals surface area (Å²) in [4.78, 5) is 7.02. The van der Waals surface area contributed by atoms with Crippen LogP contribution in [0.4, 0.5) is 0 Å². The Hall–Kier alpha value is -1.38. The van der Waals surface area contributed by atoms with Crippen LogP contribution in [-0.4, -0.2) is 34.3 Å². The third kappa shape index (κ3) is 3.18. The molecule has 3 heteroatoms. The van der Waals surface area contributed by atoms with E-state index in [9.17, 15) is 0 Å². The fourth-order valence-electron chi connectivity index (χ4n) is 3.07. The molecule has 2 aliphatic carbocycles. The third-order valence-corrected chi connectivity index (χ3v) is 5.34. The zero-order chi connectivity index (χ0) is 15.9. The van der Waals surface area contributed by atoms with Gasteiger partial charge >= 0.3 is 0 Å². The molecule has 0 bridgehead atoms. The van der Waals surface area contributed by atoms with Gasteiger partial charge in [-0.3, -0.25) is 0 Å². The molecule has 0 spiro atoms. The summed E-state index contributed by atoms with van der Waals surface area (Å²) in [5.74, 6) is 5.55. The number of hydrogen-bond donors (Lipinski definition) is 0. The van der Waals surface area contributed by atoms with E-state index in [0.29, 0.717) is 5.92 Å². The van der Waals surface area contributed by atoms with Gasteiger partial charge in [-0.05, 0) is 43.4 Å². The third-order valence-electron chi connectivity index (χ3n) is 5.34. The fraction of sp³-hybridized carbons (Fsp3) is 0.684. The second kappa shape index (κ2) is 6.02. The lowest BCUT2D eigenvalue weighted by atomic mass is 10.1. The summed E-state index contributed by atoms with van der Waals surface area (Å²) in [5.41, 5.74) is 0. The summed E-state index contributed by atoms with van der Waals surface area (Å²) in [7, 11) is 0. The minimum absolute atomic E-state index is 0.644. The standard InChI is InChI=1S/C19H31N3/c1-6-14(2)11-20-15(3)21(12-18-7-8-18)17(5)22(16(20)4)13-19-9-10-19/h14,18-19H,3-13H2,1-2H3. The molecule has 122 valence electrons. The van der Waals surface area contributed by atoms with Crippen molar-refractivity contribution in [3.8, 4) is 0 Å². The summed E-state index contributed by atoms with van der Waals surface area (Å²) >= 11 is 0. The Kier molecular flexibility index (Phi) is 4.24. The van der Waals surface area contributed by atoms with Crippen LogP contribution >= 0.6 is 0 Å². The first-order chi connectivity index (χ1) is 10.5. The predicted octanol–water partition coefficient (Wildman–Crippen LogP) is 4.19. The average molecular weight is 301 g/mol. The van der Waals surface area contributed by atoms with Gasteiger partial charge in [-0.25, -0.2) is 0 Å². The molecule has 0 N–H and O–H groups in total. The van der Waals surface area contributed by atoms with Gasteiger partial charge in [0.25, 0.3) is 0 Å². The van der Waals surface area contributed by atoms with Gasteiger partial charge in [0.2, 0.25) is 0 Å². The molecule has 3 rings (SSSR count). The molecule has 3 nitrogen and oxygen atoms in total. The van der Waals surface area contributed by atoms with Crippen LogP contribution in [-0.2, 0) is 0 Å². The molecule has 0 aromatic rings. The van der Waals surface area contributed by atoms with E-state index >= 15 is 0 Å². The van der Waals surface area contributed by atoms with Crippen LogP contribution < -0.4 is 0 Å². The van der Waals surface area contributed by atoms with Gasteiger partial charge in [0, 0.05) is 19.6 Å². The van der Waals surface area contributed by atoms with E-state index in [-0.39, 0.29) is 0 Å². The van der Waals surface area contributed by atoms with E-state index in [1.54, 1.807) is 0 Å². The van der Waals surface area contributed by atoms with Crippen molar-refractivity contribution in [2.24, 2.45) is 17.8 Å². The van der Waals surface area contributed by atoms with Crippen molar-refractivity contribution in [2.75, 3.05) is 19.6 Å². The molecule has 0 radical (unpaired) electrons. The molecule has 1 aliphatic heterocycles. The lowest BCUT2D eigenvalue weighted by Crippen LogP contribution is -2.50. The van der Waals surface area contributed by atoms with E-state index in [1.807, 2.05) is 0 Å². The van der Waals surface area contributed by atoms with Crippen molar-refractivity contribution in [1.82, 2.24) is 14.7 Å². The molecule has 1 saturated heterocycles. The highest BCUT2D eigenvalue weighted by Gasteiger charge is 2.38. The maximum absolute atomic E-state index is 4.38. The topological polar surface area (TPSA) is 9.72 Å². The first kappa shape index (κ1) is 15.5. The Morgan fingerprint density at radius 3 is 1.64 bits per heavy atom. The molecule has 1 heterocycles. The molecular weight excluding hydrogens is 270 g/mol. The highest BCUT2D eigenvalue weighted by atomic mass is 15.5. The van der Waals surface area contributed by atoms with Crippen molar-refractivity contribution in [1.29, 1.82) is 0 Å². The number of rotatable bonds is 7. The molecule has 0 amide bonds. The second-order valence-electron chi connectivity index (χ2n) is 7.48. The van der Waals surface area contributed by atoms with Gasteiger partial charge in [-0.1, -0.05) is 40.0 Å².